The third kappa shape index (κ3) is 2.82. The van der Waals surface area contributed by atoms with Gasteiger partial charge >= 0.3 is 0 Å². The highest BCUT2D eigenvalue weighted by atomic mass is 35.5. The van der Waals surface area contributed by atoms with Gasteiger partial charge in [-0.1, -0.05) is 41.9 Å². The van der Waals surface area contributed by atoms with E-state index in [2.05, 4.69) is 12.1 Å². The largest absolute Gasteiger partial charge is 0.478 e. The van der Waals surface area contributed by atoms with Crippen molar-refractivity contribution in [3.8, 4) is 16.9 Å². The van der Waals surface area contributed by atoms with Gasteiger partial charge in [0.05, 0.1) is 5.56 Å². The lowest BCUT2D eigenvalue weighted by molar-refractivity contribution is 0.0500. The van der Waals surface area contributed by atoms with E-state index in [1.54, 1.807) is 12.1 Å². The zero-order chi connectivity index (χ0) is 19.3. The van der Waals surface area contributed by atoms with Crippen LogP contribution in [-0.4, -0.2) is 11.4 Å². The lowest BCUT2D eigenvalue weighted by Crippen LogP contribution is -2.40. The van der Waals surface area contributed by atoms with Crippen molar-refractivity contribution in [1.82, 2.24) is 0 Å². The molecule has 0 amide bonds. The summed E-state index contributed by atoms with van der Waals surface area (Å²) in [5.41, 5.74) is 3.76. The summed E-state index contributed by atoms with van der Waals surface area (Å²) >= 11 is 5.99. The van der Waals surface area contributed by atoms with Crippen LogP contribution < -0.4 is 4.74 Å². The maximum atomic E-state index is 13.7. The minimum Gasteiger partial charge on any atom is -0.478 e. The predicted octanol–water partition coefficient (Wildman–Crippen LogP) is 6.04. The number of ether oxygens (including phenoxy) is 1. The van der Waals surface area contributed by atoms with Crippen LogP contribution in [0.25, 0.3) is 11.1 Å². The topological polar surface area (TPSA) is 26.3 Å². The van der Waals surface area contributed by atoms with E-state index in [0.717, 1.165) is 18.4 Å². The Morgan fingerprint density at radius 1 is 0.893 bits per heavy atom. The molecule has 0 radical (unpaired) electrons. The Morgan fingerprint density at radius 3 is 2.29 bits per heavy atom. The minimum atomic E-state index is -0.806. The molecule has 1 spiro atoms. The van der Waals surface area contributed by atoms with E-state index in [0.29, 0.717) is 34.7 Å². The van der Waals surface area contributed by atoms with E-state index in [4.69, 9.17) is 16.3 Å². The van der Waals surface area contributed by atoms with Crippen LogP contribution in [0.15, 0.2) is 60.7 Å². The third-order valence-electron chi connectivity index (χ3n) is 5.85. The minimum absolute atomic E-state index is 0.0275. The van der Waals surface area contributed by atoms with Gasteiger partial charge in [0.15, 0.2) is 5.60 Å². The summed E-state index contributed by atoms with van der Waals surface area (Å²) in [5.74, 6) is 0.241. The molecule has 4 heteroatoms. The van der Waals surface area contributed by atoms with Crippen LogP contribution in [0.2, 0.25) is 5.02 Å². The van der Waals surface area contributed by atoms with Gasteiger partial charge in [-0.3, -0.25) is 4.79 Å². The fourth-order valence-electron chi connectivity index (χ4n) is 4.37. The van der Waals surface area contributed by atoms with Crippen LogP contribution in [0.1, 0.15) is 34.3 Å². The molecule has 28 heavy (non-hydrogen) atoms. The molecule has 0 bridgehead atoms. The second-order valence-corrected chi connectivity index (χ2v) is 8.00. The van der Waals surface area contributed by atoms with Crippen molar-refractivity contribution < 1.29 is 13.9 Å². The maximum absolute atomic E-state index is 13.7. The molecule has 0 saturated carbocycles. The van der Waals surface area contributed by atoms with Crippen molar-refractivity contribution in [2.45, 2.75) is 31.3 Å². The number of carbonyl (C=O) groups is 1. The summed E-state index contributed by atoms with van der Waals surface area (Å²) in [6.07, 6.45) is 2.97. The molecule has 0 N–H and O–H groups in total. The summed E-state index contributed by atoms with van der Waals surface area (Å²) in [6.45, 7) is 0. The van der Waals surface area contributed by atoms with Gasteiger partial charge in [0.2, 0.25) is 5.78 Å². The fourth-order valence-corrected chi connectivity index (χ4v) is 4.59. The molecule has 140 valence electrons. The van der Waals surface area contributed by atoms with E-state index < -0.39 is 11.4 Å². The zero-order valence-corrected chi connectivity index (χ0v) is 15.9. The Bertz CT molecular complexity index is 1060. The van der Waals surface area contributed by atoms with E-state index in [9.17, 15) is 9.18 Å². The quantitative estimate of drug-likeness (QED) is 0.504. The molecular weight excluding hydrogens is 375 g/mol. The summed E-state index contributed by atoms with van der Waals surface area (Å²) in [7, 11) is 0. The van der Waals surface area contributed by atoms with Crippen LogP contribution >= 0.6 is 11.6 Å². The second-order valence-electron chi connectivity index (χ2n) is 7.56. The van der Waals surface area contributed by atoms with Gasteiger partial charge in [-0.25, -0.2) is 4.39 Å². The highest BCUT2D eigenvalue weighted by Crippen LogP contribution is 2.43. The smallest absolute Gasteiger partial charge is 0.210 e. The van der Waals surface area contributed by atoms with Gasteiger partial charge in [-0.2, -0.15) is 0 Å². The first-order valence-corrected chi connectivity index (χ1v) is 9.83. The van der Waals surface area contributed by atoms with Gasteiger partial charge in [0.1, 0.15) is 11.6 Å². The van der Waals surface area contributed by atoms with Crippen LogP contribution in [-0.2, 0) is 12.8 Å². The van der Waals surface area contributed by atoms with Gasteiger partial charge < -0.3 is 4.74 Å². The number of halogens is 2. The number of carbonyl (C=O) groups excluding carboxylic acids is 1. The third-order valence-corrected chi connectivity index (χ3v) is 6.07. The molecule has 1 aliphatic heterocycles. The van der Waals surface area contributed by atoms with Crippen molar-refractivity contribution in [3.63, 3.8) is 0 Å². The lowest BCUT2D eigenvalue weighted by Gasteiger charge is -2.25. The Labute approximate surface area is 167 Å². The zero-order valence-electron chi connectivity index (χ0n) is 15.2. The number of Topliss-reactive ketones (excluding diaryl/α,β-unsaturated/α-hetero) is 1. The molecule has 3 aromatic rings. The number of benzene rings is 3. The van der Waals surface area contributed by atoms with E-state index in [-0.39, 0.29) is 5.78 Å². The molecule has 0 saturated heterocycles. The highest BCUT2D eigenvalue weighted by Gasteiger charge is 2.48. The Morgan fingerprint density at radius 2 is 1.61 bits per heavy atom. The normalized spacial score (nSPS) is 17.0. The van der Waals surface area contributed by atoms with Gasteiger partial charge in [0, 0.05) is 5.02 Å². The lowest BCUT2D eigenvalue weighted by atomic mass is 9.87. The summed E-state index contributed by atoms with van der Waals surface area (Å²) in [5, 5.41) is 0.330. The van der Waals surface area contributed by atoms with Crippen molar-refractivity contribution in [2.75, 3.05) is 0 Å². The first kappa shape index (κ1) is 17.4. The van der Waals surface area contributed by atoms with Crippen molar-refractivity contribution in [3.05, 3.63) is 88.2 Å². The molecule has 0 unspecified atom stereocenters. The summed E-state index contributed by atoms with van der Waals surface area (Å²) < 4.78 is 20.0. The SMILES string of the molecule is O=C1c2cc(-c3cc(F)cc(Cl)c3)ccc2OC12CCc1ccccc1CC2. The number of hydrogen-bond donors (Lipinski definition) is 0. The molecule has 0 atom stereocenters. The van der Waals surface area contributed by atoms with E-state index in [1.807, 2.05) is 24.3 Å². The molecule has 0 aromatic heterocycles. The summed E-state index contributed by atoms with van der Waals surface area (Å²) in [6, 6.07) is 18.2. The van der Waals surface area contributed by atoms with Crippen LogP contribution in [0.5, 0.6) is 5.75 Å². The number of hydrogen-bond acceptors (Lipinski definition) is 2. The maximum Gasteiger partial charge on any atom is 0.210 e. The first-order chi connectivity index (χ1) is 13.5. The average Bonchev–Trinajstić information content (AvgIpc) is 2.83. The molecule has 1 aliphatic carbocycles. The summed E-state index contributed by atoms with van der Waals surface area (Å²) in [4.78, 5) is 13.4. The van der Waals surface area contributed by atoms with Crippen molar-refractivity contribution >= 4 is 17.4 Å². The number of fused-ring (bicyclic) bond motifs is 2. The molecule has 2 nitrogen and oxygen atoms in total. The highest BCUT2D eigenvalue weighted by molar-refractivity contribution is 6.30. The number of rotatable bonds is 1. The Balaban J connectivity index is 1.50. The van der Waals surface area contributed by atoms with Gasteiger partial charge in [0.25, 0.3) is 0 Å². The Kier molecular flexibility index (Phi) is 4.02. The molecule has 0 fully saturated rings. The van der Waals surface area contributed by atoms with Crippen LogP contribution in [0.3, 0.4) is 0 Å². The van der Waals surface area contributed by atoms with E-state index >= 15 is 0 Å². The predicted molar refractivity (Wildman–Crippen MR) is 108 cm³/mol. The molecule has 5 rings (SSSR count). The number of ketones is 1. The standard InChI is InChI=1S/C24H18ClFO2/c25-19-11-18(12-20(26)14-19)17-5-6-22-21(13-17)23(27)24(28-22)9-7-15-3-1-2-4-16(15)8-10-24/h1-6,11-14H,7-10H2. The fraction of sp³-hybridized carbons (Fsp3) is 0.208. The van der Waals surface area contributed by atoms with Crippen molar-refractivity contribution in [2.24, 2.45) is 0 Å². The molecular formula is C24H18ClFO2. The molecule has 3 aromatic carbocycles. The van der Waals surface area contributed by atoms with Gasteiger partial charge in [-0.15, -0.1) is 0 Å². The van der Waals surface area contributed by atoms with E-state index in [1.165, 1.54) is 23.3 Å². The van der Waals surface area contributed by atoms with Gasteiger partial charge in [-0.05, 0) is 78.3 Å². The van der Waals surface area contributed by atoms with Crippen molar-refractivity contribution in [1.29, 1.82) is 0 Å². The second kappa shape index (κ2) is 6.46. The Hall–Kier alpha value is -2.65. The average molecular weight is 393 g/mol. The monoisotopic (exact) mass is 392 g/mol. The van der Waals surface area contributed by atoms with Crippen LogP contribution in [0, 0.1) is 5.82 Å². The molecule has 2 aliphatic rings. The van der Waals surface area contributed by atoms with Crippen LogP contribution in [0.4, 0.5) is 4.39 Å². The molecule has 1 heterocycles. The first-order valence-electron chi connectivity index (χ1n) is 9.45. The number of aryl methyl sites for hydroxylation is 2.